The maximum absolute atomic E-state index is 13.5. The van der Waals surface area contributed by atoms with E-state index in [1.165, 1.54) is 12.1 Å². The first-order valence-electron chi connectivity index (χ1n) is 5.25. The second kappa shape index (κ2) is 4.54. The van der Waals surface area contributed by atoms with Gasteiger partial charge in [-0.2, -0.15) is 0 Å². The molecule has 17 heavy (non-hydrogen) atoms. The van der Waals surface area contributed by atoms with Crippen LogP contribution in [0.15, 0.2) is 42.5 Å². The van der Waals surface area contributed by atoms with E-state index < -0.39 is 5.82 Å². The largest absolute Gasteiger partial charge is 0.289 e. The number of carbonyl (C=O) groups excluding carboxylic acids is 1. The summed E-state index contributed by atoms with van der Waals surface area (Å²) in [5, 5.41) is 0. The zero-order chi connectivity index (χ0) is 12.4. The van der Waals surface area contributed by atoms with Gasteiger partial charge in [-0.1, -0.05) is 41.9 Å². The minimum atomic E-state index is -0.454. The van der Waals surface area contributed by atoms with E-state index in [1.54, 1.807) is 31.2 Å². The van der Waals surface area contributed by atoms with Crippen LogP contribution >= 0.6 is 0 Å². The highest BCUT2D eigenvalue weighted by molar-refractivity contribution is 6.34. The van der Waals surface area contributed by atoms with E-state index in [9.17, 15) is 9.18 Å². The summed E-state index contributed by atoms with van der Waals surface area (Å²) in [6.45, 7) is 1.58. The van der Waals surface area contributed by atoms with Crippen molar-refractivity contribution in [1.29, 1.82) is 0 Å². The predicted octanol–water partition coefficient (Wildman–Crippen LogP) is 2.16. The highest BCUT2D eigenvalue weighted by Gasteiger charge is 2.11. The number of halogens is 1. The quantitative estimate of drug-likeness (QED) is 0.564. The van der Waals surface area contributed by atoms with E-state index in [0.717, 1.165) is 0 Å². The Labute approximate surface area is 101 Å². The number of ketones is 1. The van der Waals surface area contributed by atoms with Crippen LogP contribution in [0.1, 0.15) is 21.5 Å². The second-order valence-electron chi connectivity index (χ2n) is 3.87. The molecule has 0 unspecified atom stereocenters. The highest BCUT2D eigenvalue weighted by atomic mass is 19.1. The minimum Gasteiger partial charge on any atom is -0.289 e. The Morgan fingerprint density at radius 2 is 1.76 bits per heavy atom. The molecule has 82 valence electrons. The van der Waals surface area contributed by atoms with Crippen molar-refractivity contribution in [3.05, 3.63) is 65.0 Å². The van der Waals surface area contributed by atoms with E-state index in [-0.39, 0.29) is 11.3 Å². The van der Waals surface area contributed by atoms with Crippen molar-refractivity contribution in [2.45, 2.75) is 6.92 Å². The van der Waals surface area contributed by atoms with Crippen LogP contribution in [-0.4, -0.2) is 13.6 Å². The molecule has 0 N–H and O–H groups in total. The first kappa shape index (κ1) is 11.6. The average Bonchev–Trinajstić information content (AvgIpc) is 2.35. The van der Waals surface area contributed by atoms with Gasteiger partial charge >= 0.3 is 0 Å². The number of carbonyl (C=O) groups is 1. The zero-order valence-corrected chi connectivity index (χ0v) is 9.41. The third-order valence-corrected chi connectivity index (χ3v) is 2.68. The summed E-state index contributed by atoms with van der Waals surface area (Å²) in [5.41, 5.74) is 1.46. The van der Waals surface area contributed by atoms with Gasteiger partial charge in [0.05, 0.1) is 0 Å². The number of rotatable bonds is 2. The van der Waals surface area contributed by atoms with Gasteiger partial charge in [-0.25, -0.2) is 4.39 Å². The summed E-state index contributed by atoms with van der Waals surface area (Å²) < 4.78 is 13.5. The Hall–Kier alpha value is -1.90. The van der Waals surface area contributed by atoms with Gasteiger partial charge in [0, 0.05) is 11.1 Å². The summed E-state index contributed by atoms with van der Waals surface area (Å²) in [6.07, 6.45) is 0. The number of hydrogen-bond donors (Lipinski definition) is 0. The summed E-state index contributed by atoms with van der Waals surface area (Å²) >= 11 is 0. The molecule has 0 spiro atoms. The highest BCUT2D eigenvalue weighted by Crippen LogP contribution is 2.12. The van der Waals surface area contributed by atoms with Crippen LogP contribution in [0.5, 0.6) is 0 Å². The van der Waals surface area contributed by atoms with Gasteiger partial charge in [0.15, 0.2) is 5.78 Å². The maximum Gasteiger partial charge on any atom is 0.193 e. The van der Waals surface area contributed by atoms with Crippen LogP contribution < -0.4 is 5.46 Å². The van der Waals surface area contributed by atoms with Crippen molar-refractivity contribution in [2.75, 3.05) is 0 Å². The molecule has 2 aromatic rings. The Bertz CT molecular complexity index is 541. The number of benzene rings is 2. The fourth-order valence-electron chi connectivity index (χ4n) is 1.59. The van der Waals surface area contributed by atoms with Crippen molar-refractivity contribution in [1.82, 2.24) is 0 Å². The van der Waals surface area contributed by atoms with Crippen molar-refractivity contribution in [2.24, 2.45) is 0 Å². The van der Waals surface area contributed by atoms with Crippen molar-refractivity contribution < 1.29 is 9.18 Å². The van der Waals surface area contributed by atoms with Gasteiger partial charge in [0.25, 0.3) is 0 Å². The van der Waals surface area contributed by atoms with Crippen LogP contribution in [0.25, 0.3) is 0 Å². The van der Waals surface area contributed by atoms with E-state index >= 15 is 0 Å². The lowest BCUT2D eigenvalue weighted by molar-refractivity contribution is 0.103. The molecule has 0 heterocycles. The maximum atomic E-state index is 13.5. The van der Waals surface area contributed by atoms with Crippen LogP contribution in [0.4, 0.5) is 4.39 Å². The summed E-state index contributed by atoms with van der Waals surface area (Å²) in [7, 11) is 5.65. The molecule has 0 aliphatic carbocycles. The van der Waals surface area contributed by atoms with E-state index in [0.29, 0.717) is 16.6 Å². The smallest absolute Gasteiger partial charge is 0.193 e. The standard InChI is InChI=1S/C14H10BFO/c1-9-12(15)7-11(8-13(9)16)14(17)10-5-3-2-4-6-10/h2-8H,1H3. The van der Waals surface area contributed by atoms with Crippen LogP contribution in [-0.2, 0) is 0 Å². The molecule has 1 nitrogen and oxygen atoms in total. The summed E-state index contributed by atoms with van der Waals surface area (Å²) in [4.78, 5) is 12.0. The minimum absolute atomic E-state index is 0.226. The number of hydrogen-bond acceptors (Lipinski definition) is 1. The summed E-state index contributed by atoms with van der Waals surface area (Å²) in [6, 6.07) is 11.5. The fraction of sp³-hybridized carbons (Fsp3) is 0.0714. The lowest BCUT2D eigenvalue weighted by Gasteiger charge is -2.06. The molecule has 0 saturated carbocycles. The molecule has 0 amide bonds. The van der Waals surface area contributed by atoms with Crippen molar-refractivity contribution in [3.8, 4) is 0 Å². The third kappa shape index (κ3) is 2.28. The topological polar surface area (TPSA) is 17.1 Å². The molecule has 2 aromatic carbocycles. The molecule has 0 bridgehead atoms. The third-order valence-electron chi connectivity index (χ3n) is 2.68. The second-order valence-corrected chi connectivity index (χ2v) is 3.87. The van der Waals surface area contributed by atoms with E-state index in [1.807, 2.05) is 6.07 Å². The Balaban J connectivity index is 2.45. The van der Waals surface area contributed by atoms with Gasteiger partial charge in [-0.15, -0.1) is 0 Å². The fourth-order valence-corrected chi connectivity index (χ4v) is 1.59. The Kier molecular flexibility index (Phi) is 3.09. The molecule has 0 atom stereocenters. The molecule has 2 radical (unpaired) electrons. The van der Waals surface area contributed by atoms with Gasteiger partial charge in [0.1, 0.15) is 13.7 Å². The predicted molar refractivity (Wildman–Crippen MR) is 66.4 cm³/mol. The van der Waals surface area contributed by atoms with E-state index in [4.69, 9.17) is 7.85 Å². The first-order valence-corrected chi connectivity index (χ1v) is 5.25. The summed E-state index contributed by atoms with van der Waals surface area (Å²) in [5.74, 6) is -0.680. The molecular weight excluding hydrogens is 214 g/mol. The van der Waals surface area contributed by atoms with Crippen LogP contribution in [0.3, 0.4) is 0 Å². The molecule has 3 heteroatoms. The van der Waals surface area contributed by atoms with E-state index in [2.05, 4.69) is 0 Å². The molecule has 0 aliphatic heterocycles. The molecule has 0 aromatic heterocycles. The Morgan fingerprint density at radius 1 is 1.12 bits per heavy atom. The normalized spacial score (nSPS) is 10.2. The molecule has 0 fully saturated rings. The van der Waals surface area contributed by atoms with Gasteiger partial charge < -0.3 is 0 Å². The SMILES string of the molecule is [B]c1cc(C(=O)c2ccccc2)cc(F)c1C. The van der Waals surface area contributed by atoms with Crippen molar-refractivity contribution >= 4 is 19.1 Å². The lowest BCUT2D eigenvalue weighted by atomic mass is 9.87. The van der Waals surface area contributed by atoms with Gasteiger partial charge in [0.2, 0.25) is 0 Å². The molecule has 0 saturated heterocycles. The molecule has 2 rings (SSSR count). The van der Waals surface area contributed by atoms with Gasteiger partial charge in [-0.05, 0) is 18.6 Å². The molecular formula is C14H10BFO. The Morgan fingerprint density at radius 3 is 2.35 bits per heavy atom. The average molecular weight is 224 g/mol. The molecule has 0 aliphatic rings. The van der Waals surface area contributed by atoms with Crippen LogP contribution in [0.2, 0.25) is 0 Å². The first-order chi connectivity index (χ1) is 8.09. The lowest BCUT2D eigenvalue weighted by Crippen LogP contribution is -2.14. The van der Waals surface area contributed by atoms with Gasteiger partial charge in [-0.3, -0.25) is 4.79 Å². The monoisotopic (exact) mass is 224 g/mol. The zero-order valence-electron chi connectivity index (χ0n) is 9.41. The van der Waals surface area contributed by atoms with Crippen LogP contribution in [0, 0.1) is 12.7 Å². The van der Waals surface area contributed by atoms with Crippen molar-refractivity contribution in [3.63, 3.8) is 0 Å².